The third kappa shape index (κ3) is 6.45. The number of piperidine rings is 1. The van der Waals surface area contributed by atoms with E-state index in [4.69, 9.17) is 4.74 Å². The molecule has 6 nitrogen and oxygen atoms in total. The lowest BCUT2D eigenvalue weighted by atomic mass is 9.97. The van der Waals surface area contributed by atoms with Gasteiger partial charge in [-0.05, 0) is 99.4 Å². The van der Waals surface area contributed by atoms with Crippen LogP contribution in [0.2, 0.25) is 0 Å². The number of rotatable bonds is 8. The van der Waals surface area contributed by atoms with Crippen LogP contribution in [0.3, 0.4) is 0 Å². The smallest absolute Gasteiger partial charge is 0.225 e. The maximum atomic E-state index is 14.9. The first kappa shape index (κ1) is 26.6. The molecule has 2 aromatic carbocycles. The third-order valence-electron chi connectivity index (χ3n) is 7.01. The molecule has 4 rings (SSSR count). The van der Waals surface area contributed by atoms with Crippen LogP contribution in [0.15, 0.2) is 42.7 Å². The van der Waals surface area contributed by atoms with Crippen molar-refractivity contribution < 1.29 is 13.9 Å². The number of nitrogens with zero attached hydrogens (tertiary/aromatic N) is 4. The largest absolute Gasteiger partial charge is 0.624 e. The molecular weight excluding hydrogens is 467 g/mol. The number of hydrogen-bond donors (Lipinski definition) is 0. The number of aryl methyl sites for hydroxylation is 3. The second-order valence-corrected chi connectivity index (χ2v) is 10.2. The zero-order chi connectivity index (χ0) is 26.5. The zero-order valence-electron chi connectivity index (χ0n) is 22.5. The van der Waals surface area contributed by atoms with Crippen molar-refractivity contribution in [3.63, 3.8) is 0 Å². The molecule has 0 spiro atoms. The number of hydroxylamine groups is 1. The molecule has 3 aromatic rings. The third-order valence-corrected chi connectivity index (χ3v) is 7.01. The van der Waals surface area contributed by atoms with Crippen LogP contribution in [0.5, 0.6) is 5.75 Å². The van der Waals surface area contributed by atoms with Crippen LogP contribution in [0.4, 0.5) is 10.3 Å². The standard InChI is InChI=1S/C30H37FN4O2/c1-6-23-16-32-30(33-17-23)34-11-9-24(10-12-34)19-37-29-21(4)13-26(14-22(29)5)27-8-7-25(15-28(27)31)18-35(36)20(2)3/h7-8,13-18,20,24H,6,9-12,19H2,1-5H3/b35-18-. The minimum atomic E-state index is -0.349. The van der Waals surface area contributed by atoms with Crippen molar-refractivity contribution in [1.82, 2.24) is 9.97 Å². The number of benzene rings is 2. The van der Waals surface area contributed by atoms with Crippen molar-refractivity contribution in [1.29, 1.82) is 0 Å². The van der Waals surface area contributed by atoms with Gasteiger partial charge in [-0.2, -0.15) is 0 Å². The van der Waals surface area contributed by atoms with Gasteiger partial charge < -0.3 is 14.8 Å². The molecule has 1 aliphatic rings. The van der Waals surface area contributed by atoms with E-state index in [-0.39, 0.29) is 11.9 Å². The maximum absolute atomic E-state index is 14.9. The van der Waals surface area contributed by atoms with Gasteiger partial charge in [0.25, 0.3) is 0 Å². The predicted molar refractivity (Wildman–Crippen MR) is 147 cm³/mol. The predicted octanol–water partition coefficient (Wildman–Crippen LogP) is 6.09. The number of ether oxygens (including phenoxy) is 1. The van der Waals surface area contributed by atoms with E-state index in [1.54, 1.807) is 26.0 Å². The minimum Gasteiger partial charge on any atom is -0.624 e. The minimum absolute atomic E-state index is 0.194. The van der Waals surface area contributed by atoms with Crippen LogP contribution in [0, 0.1) is 30.8 Å². The lowest BCUT2D eigenvalue weighted by Gasteiger charge is -2.32. The summed E-state index contributed by atoms with van der Waals surface area (Å²) in [7, 11) is 0. The van der Waals surface area contributed by atoms with Crippen LogP contribution in [0.25, 0.3) is 11.1 Å². The quantitative estimate of drug-likeness (QED) is 0.161. The first-order valence-electron chi connectivity index (χ1n) is 13.1. The summed E-state index contributed by atoms with van der Waals surface area (Å²) in [6.45, 7) is 12.2. The van der Waals surface area contributed by atoms with Crippen molar-refractivity contribution in [2.24, 2.45) is 5.92 Å². The lowest BCUT2D eigenvalue weighted by molar-refractivity contribution is -0.487. The topological polar surface area (TPSA) is 64.3 Å². The summed E-state index contributed by atoms with van der Waals surface area (Å²) < 4.78 is 22.1. The summed E-state index contributed by atoms with van der Waals surface area (Å²) in [5.41, 5.74) is 4.98. The second-order valence-electron chi connectivity index (χ2n) is 10.2. The molecule has 196 valence electrons. The zero-order valence-corrected chi connectivity index (χ0v) is 22.5. The van der Waals surface area contributed by atoms with Gasteiger partial charge in [-0.25, -0.2) is 19.1 Å². The summed E-state index contributed by atoms with van der Waals surface area (Å²) in [6, 6.07) is 8.66. The molecule has 0 unspecified atom stereocenters. The highest BCUT2D eigenvalue weighted by atomic mass is 19.1. The van der Waals surface area contributed by atoms with Crippen molar-refractivity contribution in [2.45, 2.75) is 59.9 Å². The van der Waals surface area contributed by atoms with Gasteiger partial charge in [0.05, 0.1) is 6.61 Å². The average Bonchev–Trinajstić information content (AvgIpc) is 2.88. The summed E-state index contributed by atoms with van der Waals surface area (Å²) in [4.78, 5) is 11.3. The highest BCUT2D eigenvalue weighted by molar-refractivity contribution is 5.78. The molecule has 1 aromatic heterocycles. The number of halogens is 1. The van der Waals surface area contributed by atoms with Gasteiger partial charge in [-0.1, -0.05) is 13.0 Å². The Morgan fingerprint density at radius 2 is 1.76 bits per heavy atom. The van der Waals surface area contributed by atoms with Crippen LogP contribution < -0.4 is 9.64 Å². The van der Waals surface area contributed by atoms with Gasteiger partial charge in [-0.15, -0.1) is 0 Å². The Morgan fingerprint density at radius 1 is 1.11 bits per heavy atom. The van der Waals surface area contributed by atoms with Crippen LogP contribution in [-0.2, 0) is 6.42 Å². The molecule has 1 saturated heterocycles. The molecule has 0 amide bonds. The van der Waals surface area contributed by atoms with E-state index >= 15 is 0 Å². The highest BCUT2D eigenvalue weighted by Crippen LogP contribution is 2.32. The van der Waals surface area contributed by atoms with E-state index in [0.717, 1.165) is 71.0 Å². The van der Waals surface area contributed by atoms with E-state index in [2.05, 4.69) is 21.8 Å². The normalized spacial score (nSPS) is 14.9. The van der Waals surface area contributed by atoms with Crippen molar-refractivity contribution in [3.05, 3.63) is 76.0 Å². The Morgan fingerprint density at radius 3 is 2.32 bits per heavy atom. The Balaban J connectivity index is 1.38. The van der Waals surface area contributed by atoms with Crippen molar-refractivity contribution in [2.75, 3.05) is 24.6 Å². The van der Waals surface area contributed by atoms with E-state index in [1.807, 2.05) is 38.4 Å². The van der Waals surface area contributed by atoms with Crippen molar-refractivity contribution in [3.8, 4) is 16.9 Å². The molecule has 0 N–H and O–H groups in total. The van der Waals surface area contributed by atoms with Gasteiger partial charge in [0.15, 0.2) is 12.3 Å². The highest BCUT2D eigenvalue weighted by Gasteiger charge is 2.22. The van der Waals surface area contributed by atoms with E-state index in [1.165, 1.54) is 12.3 Å². The molecule has 0 aliphatic carbocycles. The van der Waals surface area contributed by atoms with Crippen LogP contribution in [0.1, 0.15) is 55.9 Å². The number of hydrogen-bond acceptors (Lipinski definition) is 5. The summed E-state index contributed by atoms with van der Waals surface area (Å²) >= 11 is 0. The van der Waals surface area contributed by atoms with Gasteiger partial charge in [0.2, 0.25) is 5.95 Å². The van der Waals surface area contributed by atoms with Crippen molar-refractivity contribution >= 4 is 12.2 Å². The van der Waals surface area contributed by atoms with Crippen LogP contribution in [-0.4, -0.2) is 46.7 Å². The van der Waals surface area contributed by atoms with E-state index in [9.17, 15) is 9.60 Å². The lowest BCUT2D eigenvalue weighted by Crippen LogP contribution is -2.36. The Hall–Kier alpha value is -3.48. The molecule has 0 saturated carbocycles. The molecular formula is C30H37FN4O2. The molecule has 0 radical (unpaired) electrons. The molecule has 2 heterocycles. The average molecular weight is 505 g/mol. The Kier molecular flexibility index (Phi) is 8.41. The molecule has 0 bridgehead atoms. The number of anilines is 1. The Bertz CT molecular complexity index is 1230. The molecule has 1 fully saturated rings. The van der Waals surface area contributed by atoms with E-state index in [0.29, 0.717) is 23.7 Å². The first-order valence-corrected chi connectivity index (χ1v) is 13.1. The first-order chi connectivity index (χ1) is 17.7. The van der Waals surface area contributed by atoms with Gasteiger partial charge >= 0.3 is 0 Å². The van der Waals surface area contributed by atoms with Crippen LogP contribution >= 0.6 is 0 Å². The summed E-state index contributed by atoms with van der Waals surface area (Å²) in [5, 5.41) is 11.9. The summed E-state index contributed by atoms with van der Waals surface area (Å²) in [6.07, 6.45) is 8.25. The fourth-order valence-electron chi connectivity index (χ4n) is 4.67. The van der Waals surface area contributed by atoms with Gasteiger partial charge in [0, 0.05) is 36.6 Å². The Labute approximate surface area is 219 Å². The maximum Gasteiger partial charge on any atom is 0.225 e. The van der Waals surface area contributed by atoms with Gasteiger partial charge in [0.1, 0.15) is 11.6 Å². The summed E-state index contributed by atoms with van der Waals surface area (Å²) in [5.74, 6) is 1.80. The van der Waals surface area contributed by atoms with E-state index < -0.39 is 0 Å². The molecule has 37 heavy (non-hydrogen) atoms. The SMILES string of the molecule is CCc1cnc(N2CCC(COc3c(C)cc(-c4ccc(/C=[N+](\[O-])C(C)C)cc4F)cc3C)CC2)nc1. The molecule has 1 aliphatic heterocycles. The molecule has 0 atom stereocenters. The number of aromatic nitrogens is 2. The second kappa shape index (κ2) is 11.7. The fourth-order valence-corrected chi connectivity index (χ4v) is 4.67. The molecule has 7 heteroatoms. The van der Waals surface area contributed by atoms with Gasteiger partial charge in [-0.3, -0.25) is 0 Å². The fraction of sp³-hybridized carbons (Fsp3) is 0.433. The monoisotopic (exact) mass is 504 g/mol.